The lowest BCUT2D eigenvalue weighted by molar-refractivity contribution is -0.138. The molecule has 2 N–H and O–H groups in total. The molecule has 1 saturated heterocycles. The van der Waals surface area contributed by atoms with E-state index in [1.807, 2.05) is 43.1 Å². The Balaban J connectivity index is 0.00000364. The number of benzene rings is 1. The van der Waals surface area contributed by atoms with Crippen molar-refractivity contribution in [3.8, 4) is 0 Å². The molecule has 1 aliphatic rings. The van der Waals surface area contributed by atoms with Crippen LogP contribution < -0.4 is 5.32 Å². The number of nitrogens with zero attached hydrogens (tertiary/aromatic N) is 2. The fourth-order valence-electron chi connectivity index (χ4n) is 3.42. The number of likely N-dealkylation sites (N-methyl/N-ethyl adjacent to an activating group) is 1. The second-order valence-corrected chi connectivity index (χ2v) is 7.33. The van der Waals surface area contributed by atoms with E-state index in [-0.39, 0.29) is 36.9 Å². The predicted molar refractivity (Wildman–Crippen MR) is 110 cm³/mol. The van der Waals surface area contributed by atoms with Crippen molar-refractivity contribution in [1.29, 1.82) is 0 Å². The second-order valence-electron chi connectivity index (χ2n) is 6.90. The van der Waals surface area contributed by atoms with E-state index in [0.717, 1.165) is 37.9 Å². The summed E-state index contributed by atoms with van der Waals surface area (Å²) in [6.45, 7) is 4.09. The Hall–Kier alpha value is -1.34. The molecule has 27 heavy (non-hydrogen) atoms. The number of aliphatic carboxylic acids is 1. The summed E-state index contributed by atoms with van der Waals surface area (Å²) < 4.78 is 0. The lowest BCUT2D eigenvalue weighted by Crippen LogP contribution is -2.47. The third-order valence-corrected chi connectivity index (χ3v) is 5.20. The van der Waals surface area contributed by atoms with E-state index in [1.54, 1.807) is 0 Å². The molecule has 0 aromatic heterocycles. The maximum atomic E-state index is 12.4. The average Bonchev–Trinajstić information content (AvgIpc) is 2.60. The minimum absolute atomic E-state index is 0. The van der Waals surface area contributed by atoms with Crippen molar-refractivity contribution in [1.82, 2.24) is 15.1 Å². The van der Waals surface area contributed by atoms with Crippen LogP contribution in [0.25, 0.3) is 0 Å². The Morgan fingerprint density at radius 2 is 1.89 bits per heavy atom. The van der Waals surface area contributed by atoms with Crippen molar-refractivity contribution in [2.24, 2.45) is 0 Å². The smallest absolute Gasteiger partial charge is 0.317 e. The van der Waals surface area contributed by atoms with Crippen LogP contribution >= 0.6 is 24.0 Å². The lowest BCUT2D eigenvalue weighted by Gasteiger charge is -2.36. The third kappa shape index (κ3) is 7.66. The molecular weight excluding hydrogens is 389 g/mol. The second kappa shape index (κ2) is 11.5. The minimum Gasteiger partial charge on any atom is -0.480 e. The molecule has 2 rings (SSSR count). The fourth-order valence-corrected chi connectivity index (χ4v) is 3.55. The summed E-state index contributed by atoms with van der Waals surface area (Å²) in [7, 11) is 1.85. The van der Waals surface area contributed by atoms with Gasteiger partial charge in [-0.15, -0.1) is 12.4 Å². The van der Waals surface area contributed by atoms with E-state index in [2.05, 4.69) is 10.2 Å². The van der Waals surface area contributed by atoms with E-state index < -0.39 is 5.97 Å². The molecule has 0 spiro atoms. The normalized spacial score (nSPS) is 16.6. The number of carboxylic acid groups (broad SMARTS) is 1. The fraction of sp³-hybridized carbons (Fsp3) is 0.579. The van der Waals surface area contributed by atoms with Gasteiger partial charge in [-0.05, 0) is 44.0 Å². The molecule has 0 bridgehead atoms. The van der Waals surface area contributed by atoms with Gasteiger partial charge in [-0.1, -0.05) is 30.7 Å². The summed E-state index contributed by atoms with van der Waals surface area (Å²) in [5.74, 6) is -0.786. The number of carbonyl (C=O) groups is 2. The standard InChI is InChI=1S/C19H28ClN3O3.ClH/c1-3-17(14-4-6-15(20)7-5-14)21-18(24)12-23-10-8-16(9-11-23)22(2)13-19(25)26;/h4-7,16-17H,3,8-13H2,1-2H3,(H,21,24)(H,25,26);1H. The first-order valence-corrected chi connectivity index (χ1v) is 9.46. The van der Waals surface area contributed by atoms with Gasteiger partial charge in [0, 0.05) is 24.2 Å². The number of likely N-dealkylation sites (tertiary alicyclic amines) is 1. The highest BCUT2D eigenvalue weighted by Crippen LogP contribution is 2.19. The molecule has 1 unspecified atom stereocenters. The topological polar surface area (TPSA) is 72.9 Å². The Bertz CT molecular complexity index is 605. The molecule has 0 aliphatic carbocycles. The Labute approximate surface area is 172 Å². The summed E-state index contributed by atoms with van der Waals surface area (Å²) in [5.41, 5.74) is 1.05. The molecular formula is C19H29Cl2N3O3. The molecule has 1 heterocycles. The van der Waals surface area contributed by atoms with Crippen molar-refractivity contribution in [2.75, 3.05) is 33.2 Å². The number of hydrogen-bond donors (Lipinski definition) is 2. The van der Waals surface area contributed by atoms with E-state index in [0.29, 0.717) is 11.6 Å². The summed E-state index contributed by atoms with van der Waals surface area (Å²) in [6.07, 6.45) is 2.58. The van der Waals surface area contributed by atoms with Gasteiger partial charge >= 0.3 is 5.97 Å². The van der Waals surface area contributed by atoms with Gasteiger partial charge in [0.1, 0.15) is 0 Å². The first-order chi connectivity index (χ1) is 12.4. The number of carbonyl (C=O) groups excluding carboxylic acids is 1. The van der Waals surface area contributed by atoms with Gasteiger partial charge in [0.25, 0.3) is 0 Å². The van der Waals surface area contributed by atoms with Crippen LogP contribution in [0.4, 0.5) is 0 Å². The van der Waals surface area contributed by atoms with Gasteiger partial charge in [-0.25, -0.2) is 0 Å². The van der Waals surface area contributed by atoms with E-state index in [9.17, 15) is 9.59 Å². The largest absolute Gasteiger partial charge is 0.480 e. The van der Waals surface area contributed by atoms with E-state index >= 15 is 0 Å². The number of piperidine rings is 1. The van der Waals surface area contributed by atoms with Crippen LogP contribution in [0.3, 0.4) is 0 Å². The highest BCUT2D eigenvalue weighted by atomic mass is 35.5. The SMILES string of the molecule is CCC(NC(=O)CN1CCC(N(C)CC(=O)O)CC1)c1ccc(Cl)cc1.Cl. The number of rotatable bonds is 8. The van der Waals surface area contributed by atoms with Crippen molar-refractivity contribution < 1.29 is 14.7 Å². The van der Waals surface area contributed by atoms with Crippen LogP contribution in [-0.4, -0.2) is 66.1 Å². The highest BCUT2D eigenvalue weighted by Gasteiger charge is 2.25. The Morgan fingerprint density at radius 3 is 2.41 bits per heavy atom. The van der Waals surface area contributed by atoms with Crippen LogP contribution in [-0.2, 0) is 9.59 Å². The molecule has 1 aliphatic heterocycles. The van der Waals surface area contributed by atoms with E-state index in [1.165, 1.54) is 0 Å². The molecule has 0 radical (unpaired) electrons. The maximum Gasteiger partial charge on any atom is 0.317 e. The number of amides is 1. The third-order valence-electron chi connectivity index (χ3n) is 4.95. The number of carboxylic acids is 1. The Morgan fingerprint density at radius 1 is 1.30 bits per heavy atom. The molecule has 1 amide bonds. The molecule has 0 saturated carbocycles. The first-order valence-electron chi connectivity index (χ1n) is 9.08. The van der Waals surface area contributed by atoms with Crippen molar-refractivity contribution >= 4 is 35.9 Å². The molecule has 8 heteroatoms. The first kappa shape index (κ1) is 23.7. The number of hydrogen-bond acceptors (Lipinski definition) is 4. The quantitative estimate of drug-likeness (QED) is 0.679. The van der Waals surface area contributed by atoms with Gasteiger partial charge in [0.05, 0.1) is 19.1 Å². The van der Waals surface area contributed by atoms with Crippen molar-refractivity contribution in [3.63, 3.8) is 0 Å². The van der Waals surface area contributed by atoms with E-state index in [4.69, 9.17) is 16.7 Å². The van der Waals surface area contributed by atoms with Crippen molar-refractivity contribution in [2.45, 2.75) is 38.3 Å². The van der Waals surface area contributed by atoms with Crippen LogP contribution in [0.2, 0.25) is 5.02 Å². The molecule has 6 nitrogen and oxygen atoms in total. The van der Waals surface area contributed by atoms with Gasteiger partial charge in [0.2, 0.25) is 5.91 Å². The highest BCUT2D eigenvalue weighted by molar-refractivity contribution is 6.30. The zero-order chi connectivity index (χ0) is 19.1. The lowest BCUT2D eigenvalue weighted by atomic mass is 10.0. The summed E-state index contributed by atoms with van der Waals surface area (Å²) >= 11 is 5.93. The molecule has 1 aromatic rings. The Kier molecular flexibility index (Phi) is 10.1. The van der Waals surface area contributed by atoms with Gasteiger partial charge in [0.15, 0.2) is 0 Å². The zero-order valence-electron chi connectivity index (χ0n) is 15.9. The summed E-state index contributed by atoms with van der Waals surface area (Å²) in [5, 5.41) is 12.7. The number of halogens is 2. The van der Waals surface area contributed by atoms with Crippen LogP contribution in [0.1, 0.15) is 37.8 Å². The minimum atomic E-state index is -0.804. The summed E-state index contributed by atoms with van der Waals surface area (Å²) in [6, 6.07) is 7.82. The molecule has 1 aromatic carbocycles. The monoisotopic (exact) mass is 417 g/mol. The summed E-state index contributed by atoms with van der Waals surface area (Å²) in [4.78, 5) is 27.2. The van der Waals surface area contributed by atoms with Crippen molar-refractivity contribution in [3.05, 3.63) is 34.9 Å². The van der Waals surface area contributed by atoms with Gasteiger partial charge in [-0.2, -0.15) is 0 Å². The van der Waals surface area contributed by atoms with Gasteiger partial charge < -0.3 is 10.4 Å². The van der Waals surface area contributed by atoms with Crippen LogP contribution in [0.5, 0.6) is 0 Å². The average molecular weight is 418 g/mol. The van der Waals surface area contributed by atoms with Crippen LogP contribution in [0, 0.1) is 0 Å². The molecule has 1 fully saturated rings. The zero-order valence-corrected chi connectivity index (χ0v) is 17.4. The van der Waals surface area contributed by atoms with Crippen LogP contribution in [0.15, 0.2) is 24.3 Å². The predicted octanol–water partition coefficient (Wildman–Crippen LogP) is 2.81. The molecule has 152 valence electrons. The maximum absolute atomic E-state index is 12.4. The number of nitrogens with one attached hydrogen (secondary N) is 1. The molecule has 1 atom stereocenters. The van der Waals surface area contributed by atoms with Gasteiger partial charge in [-0.3, -0.25) is 19.4 Å².